The molecular formula is C11H12N4O4. The molecule has 0 aliphatic heterocycles. The van der Waals surface area contributed by atoms with Gasteiger partial charge >= 0.3 is 0 Å². The Morgan fingerprint density at radius 2 is 2.00 bits per heavy atom. The van der Waals surface area contributed by atoms with Crippen molar-refractivity contribution in [2.75, 3.05) is 13.1 Å². The lowest BCUT2D eigenvalue weighted by atomic mass is 10.1. The first-order chi connectivity index (χ1) is 8.99. The molecular weight excluding hydrogens is 252 g/mol. The molecule has 0 heterocycles. The summed E-state index contributed by atoms with van der Waals surface area (Å²) in [6.45, 7) is 2.74. The van der Waals surface area contributed by atoms with Gasteiger partial charge in [-0.25, -0.2) is 0 Å². The average molecular weight is 264 g/mol. The van der Waals surface area contributed by atoms with Gasteiger partial charge in [-0.05, 0) is 12.6 Å². The summed E-state index contributed by atoms with van der Waals surface area (Å²) >= 11 is 0. The van der Waals surface area contributed by atoms with Crippen LogP contribution in [-0.2, 0) is 6.54 Å². The fraction of sp³-hybridized carbons (Fsp3) is 0.364. The molecule has 0 bridgehead atoms. The first kappa shape index (κ1) is 14.5. The van der Waals surface area contributed by atoms with Crippen LogP contribution in [0.2, 0.25) is 0 Å². The molecule has 0 saturated heterocycles. The first-order valence-corrected chi connectivity index (χ1v) is 5.50. The maximum absolute atomic E-state index is 10.9. The normalized spacial score (nSPS) is 10.2. The first-order valence-electron chi connectivity index (χ1n) is 5.50. The molecule has 100 valence electrons. The lowest BCUT2D eigenvalue weighted by Crippen LogP contribution is -2.23. The summed E-state index contributed by atoms with van der Waals surface area (Å²) < 4.78 is 0. The quantitative estimate of drug-likeness (QED) is 0.440. The summed E-state index contributed by atoms with van der Waals surface area (Å²) in [5.74, 6) is 0. The fourth-order valence-corrected chi connectivity index (χ4v) is 1.59. The number of nitrogens with zero attached hydrogens (tertiary/aromatic N) is 4. The second-order valence-electron chi connectivity index (χ2n) is 3.79. The van der Waals surface area contributed by atoms with Crippen LogP contribution in [0.3, 0.4) is 0 Å². The predicted octanol–water partition coefficient (Wildman–Crippen LogP) is 1.85. The van der Waals surface area contributed by atoms with Crippen molar-refractivity contribution in [1.82, 2.24) is 4.90 Å². The van der Waals surface area contributed by atoms with Crippen molar-refractivity contribution in [3.63, 3.8) is 0 Å². The van der Waals surface area contributed by atoms with Crippen LogP contribution in [-0.4, -0.2) is 27.8 Å². The molecule has 0 aliphatic carbocycles. The zero-order valence-electron chi connectivity index (χ0n) is 10.3. The van der Waals surface area contributed by atoms with Crippen LogP contribution in [0.15, 0.2) is 18.2 Å². The Kier molecular flexibility index (Phi) is 4.91. The molecule has 1 rings (SSSR count). The summed E-state index contributed by atoms with van der Waals surface area (Å²) in [4.78, 5) is 21.9. The Bertz CT molecular complexity index is 538. The molecule has 0 amide bonds. The molecule has 0 fully saturated rings. The van der Waals surface area contributed by atoms with Crippen LogP contribution in [0.25, 0.3) is 0 Å². The van der Waals surface area contributed by atoms with E-state index in [-0.39, 0.29) is 24.5 Å². The molecule has 0 saturated carbocycles. The van der Waals surface area contributed by atoms with E-state index in [0.717, 1.165) is 6.07 Å². The fourth-order valence-electron chi connectivity index (χ4n) is 1.59. The molecule has 0 spiro atoms. The minimum Gasteiger partial charge on any atom is -0.286 e. The zero-order valence-corrected chi connectivity index (χ0v) is 10.3. The predicted molar refractivity (Wildman–Crippen MR) is 66.3 cm³/mol. The monoisotopic (exact) mass is 264 g/mol. The highest BCUT2D eigenvalue weighted by molar-refractivity contribution is 5.49. The molecule has 1 aromatic carbocycles. The third kappa shape index (κ3) is 3.72. The van der Waals surface area contributed by atoms with Gasteiger partial charge in [0.05, 0.1) is 28.5 Å². The highest BCUT2D eigenvalue weighted by atomic mass is 16.6. The largest absolute Gasteiger partial charge is 0.286 e. The van der Waals surface area contributed by atoms with Crippen molar-refractivity contribution in [1.29, 1.82) is 5.26 Å². The standard InChI is InChI=1S/C11H12N4O4/c1-2-13(6-5-12)8-9-3-4-10(14(16)17)7-11(9)15(18)19/h3-4,7H,2,6,8H2,1H3. The second-order valence-corrected chi connectivity index (χ2v) is 3.79. The maximum atomic E-state index is 10.9. The van der Waals surface area contributed by atoms with Crippen LogP contribution in [0, 0.1) is 31.6 Å². The van der Waals surface area contributed by atoms with Crippen LogP contribution < -0.4 is 0 Å². The molecule has 0 aromatic heterocycles. The maximum Gasteiger partial charge on any atom is 0.280 e. The van der Waals surface area contributed by atoms with Gasteiger partial charge in [-0.15, -0.1) is 0 Å². The van der Waals surface area contributed by atoms with Gasteiger partial charge in [-0.3, -0.25) is 25.1 Å². The molecule has 8 heteroatoms. The number of nitro groups is 2. The van der Waals surface area contributed by atoms with E-state index in [1.807, 2.05) is 13.0 Å². The molecule has 0 radical (unpaired) electrons. The lowest BCUT2D eigenvalue weighted by Gasteiger charge is -2.16. The lowest BCUT2D eigenvalue weighted by molar-refractivity contribution is -0.394. The van der Waals surface area contributed by atoms with Crippen molar-refractivity contribution in [2.24, 2.45) is 0 Å². The number of hydrogen-bond donors (Lipinski definition) is 0. The van der Waals surface area contributed by atoms with E-state index >= 15 is 0 Å². The summed E-state index contributed by atoms with van der Waals surface area (Å²) in [5.41, 5.74) is -0.267. The number of hydrogen-bond acceptors (Lipinski definition) is 6. The number of rotatable bonds is 6. The summed E-state index contributed by atoms with van der Waals surface area (Å²) in [7, 11) is 0. The Hall–Kier alpha value is -2.53. The van der Waals surface area contributed by atoms with E-state index in [0.29, 0.717) is 12.1 Å². The number of benzene rings is 1. The van der Waals surface area contributed by atoms with Gasteiger partial charge in [0, 0.05) is 18.2 Å². The Morgan fingerprint density at radius 1 is 1.32 bits per heavy atom. The Morgan fingerprint density at radius 3 is 2.47 bits per heavy atom. The van der Waals surface area contributed by atoms with Crippen molar-refractivity contribution in [3.05, 3.63) is 44.0 Å². The Balaban J connectivity index is 3.10. The van der Waals surface area contributed by atoms with Crippen molar-refractivity contribution in [3.8, 4) is 6.07 Å². The average Bonchev–Trinajstić information content (AvgIpc) is 2.37. The van der Waals surface area contributed by atoms with E-state index in [2.05, 4.69) is 0 Å². The van der Waals surface area contributed by atoms with Crippen molar-refractivity contribution >= 4 is 11.4 Å². The highest BCUT2D eigenvalue weighted by Crippen LogP contribution is 2.25. The van der Waals surface area contributed by atoms with Gasteiger partial charge in [0.25, 0.3) is 11.4 Å². The third-order valence-corrected chi connectivity index (χ3v) is 2.61. The van der Waals surface area contributed by atoms with Gasteiger partial charge < -0.3 is 0 Å². The summed E-state index contributed by atoms with van der Waals surface area (Å²) in [6.07, 6.45) is 0. The van der Waals surface area contributed by atoms with Crippen LogP contribution in [0.4, 0.5) is 11.4 Å². The molecule has 19 heavy (non-hydrogen) atoms. The minimum absolute atomic E-state index is 0.143. The van der Waals surface area contributed by atoms with Gasteiger partial charge in [0.1, 0.15) is 0 Å². The van der Waals surface area contributed by atoms with Gasteiger partial charge in [0.15, 0.2) is 0 Å². The zero-order chi connectivity index (χ0) is 14.4. The molecule has 1 aromatic rings. The SMILES string of the molecule is CCN(CC#N)Cc1ccc([N+](=O)[O-])cc1[N+](=O)[O-]. The van der Waals surface area contributed by atoms with Gasteiger partial charge in [-0.1, -0.05) is 6.92 Å². The van der Waals surface area contributed by atoms with E-state index in [4.69, 9.17) is 5.26 Å². The summed E-state index contributed by atoms with van der Waals surface area (Å²) in [5, 5.41) is 30.1. The third-order valence-electron chi connectivity index (χ3n) is 2.61. The second kappa shape index (κ2) is 6.42. The highest BCUT2D eigenvalue weighted by Gasteiger charge is 2.20. The molecule has 0 atom stereocenters. The number of non-ortho nitro benzene ring substituents is 1. The van der Waals surface area contributed by atoms with Crippen LogP contribution in [0.1, 0.15) is 12.5 Å². The van der Waals surface area contributed by atoms with E-state index in [1.54, 1.807) is 4.90 Å². The van der Waals surface area contributed by atoms with Crippen molar-refractivity contribution in [2.45, 2.75) is 13.5 Å². The summed E-state index contributed by atoms with van der Waals surface area (Å²) in [6, 6.07) is 5.49. The van der Waals surface area contributed by atoms with Crippen molar-refractivity contribution < 1.29 is 9.85 Å². The minimum atomic E-state index is -0.677. The van der Waals surface area contributed by atoms with Gasteiger partial charge in [0.2, 0.25) is 0 Å². The molecule has 8 nitrogen and oxygen atoms in total. The van der Waals surface area contributed by atoms with E-state index in [9.17, 15) is 20.2 Å². The van der Waals surface area contributed by atoms with E-state index < -0.39 is 9.85 Å². The Labute approximate surface area is 109 Å². The number of nitriles is 1. The van der Waals surface area contributed by atoms with E-state index in [1.165, 1.54) is 12.1 Å². The molecule has 0 unspecified atom stereocenters. The topological polar surface area (TPSA) is 113 Å². The van der Waals surface area contributed by atoms with Crippen LogP contribution >= 0.6 is 0 Å². The molecule has 0 aliphatic rings. The molecule has 0 N–H and O–H groups in total. The van der Waals surface area contributed by atoms with Crippen LogP contribution in [0.5, 0.6) is 0 Å². The van der Waals surface area contributed by atoms with Gasteiger partial charge in [-0.2, -0.15) is 5.26 Å². The number of nitro benzene ring substituents is 2. The smallest absolute Gasteiger partial charge is 0.280 e.